The molecule has 3 aliphatic rings. The summed E-state index contributed by atoms with van der Waals surface area (Å²) in [5.74, 6) is -3.09. The van der Waals surface area contributed by atoms with Gasteiger partial charge in [0, 0.05) is 31.0 Å². The molecule has 6 atom stereocenters. The molecular weight excluding hydrogens is 973 g/mol. The topological polar surface area (TPSA) is 229 Å². The number of hydrogen-bond donors (Lipinski definition) is 6. The molecule has 76 heavy (non-hydrogen) atoms. The van der Waals surface area contributed by atoms with Gasteiger partial charge in [-0.2, -0.15) is 0 Å². The van der Waals surface area contributed by atoms with E-state index in [4.69, 9.17) is 28.4 Å². The first-order chi connectivity index (χ1) is 36.3. The second-order valence-electron chi connectivity index (χ2n) is 21.5. The number of benzene rings is 4. The number of alkyl carbamates (subject to hydrolysis) is 2. The van der Waals surface area contributed by atoms with E-state index in [1.807, 2.05) is 48.5 Å². The summed E-state index contributed by atoms with van der Waals surface area (Å²) in [6.45, 7) is 11.4. The third kappa shape index (κ3) is 15.9. The van der Waals surface area contributed by atoms with Crippen molar-refractivity contribution in [3.05, 3.63) is 114 Å². The second kappa shape index (κ2) is 25.9. The van der Waals surface area contributed by atoms with Gasteiger partial charge in [-0.1, -0.05) is 99.7 Å². The number of anilines is 1. The van der Waals surface area contributed by atoms with Crippen LogP contribution in [0.5, 0.6) is 11.5 Å². The normalized spacial score (nSPS) is 20.2. The lowest BCUT2D eigenvalue weighted by atomic mass is 9.78. The maximum absolute atomic E-state index is 14.5. The molecular formula is C59H76N4O13. The Morgan fingerprint density at radius 2 is 1.41 bits per heavy atom. The predicted molar refractivity (Wildman–Crippen MR) is 286 cm³/mol. The van der Waals surface area contributed by atoms with Gasteiger partial charge in [0.1, 0.15) is 53.6 Å². The molecule has 2 aliphatic carbocycles. The van der Waals surface area contributed by atoms with Gasteiger partial charge in [0.05, 0.1) is 12.7 Å². The fourth-order valence-electron chi connectivity index (χ4n) is 10.0. The lowest BCUT2D eigenvalue weighted by Crippen LogP contribution is -2.61. The van der Waals surface area contributed by atoms with Crippen molar-refractivity contribution >= 4 is 35.7 Å². The first kappa shape index (κ1) is 57.0. The summed E-state index contributed by atoms with van der Waals surface area (Å²) in [7, 11) is 0. The number of hydrogen-bond acceptors (Lipinski definition) is 13. The molecule has 1 saturated carbocycles. The van der Waals surface area contributed by atoms with E-state index < -0.39 is 83.8 Å². The number of aliphatic hydroxyl groups is 1. The van der Waals surface area contributed by atoms with E-state index in [2.05, 4.69) is 28.2 Å². The van der Waals surface area contributed by atoms with Crippen LogP contribution in [0, 0.1) is 0 Å². The number of unbranched alkanes of at least 4 members (excludes halogenated alkanes) is 5. The Kier molecular flexibility index (Phi) is 19.4. The van der Waals surface area contributed by atoms with Crippen molar-refractivity contribution in [1.82, 2.24) is 16.0 Å². The third-order valence-corrected chi connectivity index (χ3v) is 13.8. The van der Waals surface area contributed by atoms with Gasteiger partial charge in [0.15, 0.2) is 5.79 Å². The van der Waals surface area contributed by atoms with Gasteiger partial charge in [-0.05, 0) is 131 Å². The summed E-state index contributed by atoms with van der Waals surface area (Å²) in [6, 6.07) is 26.7. The number of rotatable bonds is 24. The number of carbonyl (C=O) groups excluding carboxylic acids is 5. The highest BCUT2D eigenvalue weighted by atomic mass is 16.8. The van der Waals surface area contributed by atoms with Crippen molar-refractivity contribution < 1.29 is 62.6 Å². The average Bonchev–Trinajstić information content (AvgIpc) is 3.87. The molecule has 4 amide bonds. The zero-order valence-electron chi connectivity index (χ0n) is 44.7. The van der Waals surface area contributed by atoms with E-state index in [-0.39, 0.29) is 56.9 Å². The predicted octanol–water partition coefficient (Wildman–Crippen LogP) is 9.36. The smallest absolute Gasteiger partial charge is 0.407 e. The molecule has 7 rings (SSSR count). The maximum Gasteiger partial charge on any atom is 0.407 e. The minimum absolute atomic E-state index is 0.00571. The van der Waals surface area contributed by atoms with Crippen LogP contribution in [-0.4, -0.2) is 107 Å². The Morgan fingerprint density at radius 1 is 0.750 bits per heavy atom. The highest BCUT2D eigenvalue weighted by Gasteiger charge is 2.58. The maximum atomic E-state index is 14.5. The summed E-state index contributed by atoms with van der Waals surface area (Å²) in [5, 5.41) is 33.3. The molecule has 6 unspecified atom stereocenters. The molecule has 0 radical (unpaired) electrons. The van der Waals surface area contributed by atoms with E-state index in [1.54, 1.807) is 71.0 Å². The highest BCUT2D eigenvalue weighted by molar-refractivity contribution is 5.98. The van der Waals surface area contributed by atoms with Gasteiger partial charge < -0.3 is 59.9 Å². The van der Waals surface area contributed by atoms with Crippen molar-refractivity contribution in [2.24, 2.45) is 0 Å². The number of phenolic OH excluding ortho intramolecular Hbond substituents is 1. The van der Waals surface area contributed by atoms with Gasteiger partial charge in [-0.15, -0.1) is 0 Å². The number of fused-ring (bicyclic) bond motifs is 4. The number of ether oxygens (including phenoxy) is 6. The standard InChI is InChI=1S/C59H76N4O13/c1-7-8-9-10-11-16-34-71-41-30-26-39(27-31-41)61-52(65)47(22-17-33-60-55(68)76-57(2,3)4)62-54(67)59(70)35-49(51-50(36-59)74-58(5,6)75-51)73-53(66)48(32-25-38-23-28-40(64)29-24-38)63-56(69)72-37-46-44-20-14-12-18-42(44)43-19-13-15-21-45(43)46/h12-15,18-21,23-24,26-31,46-51,64,70H,7-11,16-17,22,25,32-37H2,1-6H3,(H,60,68)(H,61,65)(H,62,67)(H,63,69). The van der Waals surface area contributed by atoms with Crippen molar-refractivity contribution in [2.45, 2.75) is 172 Å². The largest absolute Gasteiger partial charge is 0.508 e. The van der Waals surface area contributed by atoms with Gasteiger partial charge >= 0.3 is 18.2 Å². The molecule has 17 nitrogen and oxygen atoms in total. The molecule has 1 heterocycles. The Morgan fingerprint density at radius 3 is 2.08 bits per heavy atom. The molecule has 17 heteroatoms. The van der Waals surface area contributed by atoms with Gasteiger partial charge in [-0.25, -0.2) is 14.4 Å². The van der Waals surface area contributed by atoms with Crippen LogP contribution in [0.25, 0.3) is 11.1 Å². The van der Waals surface area contributed by atoms with E-state index in [0.717, 1.165) is 40.7 Å². The SMILES string of the molecule is CCCCCCCCOc1ccc(NC(=O)C(CCCNC(=O)OC(C)(C)C)NC(=O)C2(O)CC(OC(=O)C(CCc3ccc(O)cc3)NC(=O)OCC3c4ccccc4-c4ccccc43)C3OC(C)(C)OC3C2)cc1. The molecule has 0 spiro atoms. The van der Waals surface area contributed by atoms with Crippen LogP contribution in [-0.2, 0) is 44.5 Å². The summed E-state index contributed by atoms with van der Waals surface area (Å²) < 4.78 is 35.8. The van der Waals surface area contributed by atoms with E-state index >= 15 is 0 Å². The molecule has 0 aromatic heterocycles. The molecule has 1 saturated heterocycles. The average molecular weight is 1050 g/mol. The van der Waals surface area contributed by atoms with Gasteiger partial charge in [0.2, 0.25) is 5.91 Å². The molecule has 2 fully saturated rings. The van der Waals surface area contributed by atoms with Crippen molar-refractivity contribution in [1.29, 1.82) is 0 Å². The van der Waals surface area contributed by atoms with E-state index in [9.17, 15) is 34.2 Å². The number of carbonyl (C=O) groups is 5. The summed E-state index contributed by atoms with van der Waals surface area (Å²) in [4.78, 5) is 69.3. The minimum Gasteiger partial charge on any atom is -0.508 e. The summed E-state index contributed by atoms with van der Waals surface area (Å²) in [6.07, 6.45) is 2.10. The first-order valence-corrected chi connectivity index (χ1v) is 26.8. The van der Waals surface area contributed by atoms with Crippen LogP contribution in [0.15, 0.2) is 97.1 Å². The zero-order valence-corrected chi connectivity index (χ0v) is 44.7. The number of aryl methyl sites for hydroxylation is 1. The number of esters is 1. The van der Waals surface area contributed by atoms with Crippen LogP contribution < -0.4 is 26.0 Å². The summed E-state index contributed by atoms with van der Waals surface area (Å²) >= 11 is 0. The van der Waals surface area contributed by atoms with Gasteiger partial charge in [0.25, 0.3) is 5.91 Å². The van der Waals surface area contributed by atoms with E-state index in [1.165, 1.54) is 37.8 Å². The van der Waals surface area contributed by atoms with Crippen molar-refractivity contribution in [3.8, 4) is 22.6 Å². The molecule has 410 valence electrons. The minimum atomic E-state index is -2.25. The van der Waals surface area contributed by atoms with Crippen LogP contribution in [0.3, 0.4) is 0 Å². The quantitative estimate of drug-likeness (QED) is 0.0219. The molecule has 0 bridgehead atoms. The number of amides is 4. The Bertz CT molecular complexity index is 2560. The summed E-state index contributed by atoms with van der Waals surface area (Å²) in [5.41, 5.74) is 2.38. The van der Waals surface area contributed by atoms with Crippen LogP contribution >= 0.6 is 0 Å². The molecule has 4 aromatic carbocycles. The fraction of sp³-hybridized carbons (Fsp3) is 0.508. The Hall–Kier alpha value is -6.69. The molecule has 4 aromatic rings. The Balaban J connectivity index is 1.04. The van der Waals surface area contributed by atoms with Crippen LogP contribution in [0.1, 0.15) is 135 Å². The van der Waals surface area contributed by atoms with Crippen LogP contribution in [0.4, 0.5) is 15.3 Å². The Labute approximate surface area is 446 Å². The van der Waals surface area contributed by atoms with E-state index in [0.29, 0.717) is 18.0 Å². The molecule has 1 aliphatic heterocycles. The first-order valence-electron chi connectivity index (χ1n) is 26.8. The van der Waals surface area contributed by atoms with Crippen LogP contribution in [0.2, 0.25) is 0 Å². The molecule has 6 N–H and O–H groups in total. The van der Waals surface area contributed by atoms with Crippen molar-refractivity contribution in [3.63, 3.8) is 0 Å². The second-order valence-corrected chi connectivity index (χ2v) is 21.5. The third-order valence-electron chi connectivity index (χ3n) is 13.8. The lowest BCUT2D eigenvalue weighted by molar-refractivity contribution is -0.181. The number of phenols is 1. The number of aromatic hydroxyl groups is 1. The van der Waals surface area contributed by atoms with Crippen molar-refractivity contribution in [2.75, 3.05) is 25.1 Å². The number of nitrogens with one attached hydrogen (secondary N) is 4. The highest BCUT2D eigenvalue weighted by Crippen LogP contribution is 2.45. The lowest BCUT2D eigenvalue weighted by Gasteiger charge is -2.41. The zero-order chi connectivity index (χ0) is 54.5. The monoisotopic (exact) mass is 1050 g/mol. The van der Waals surface area contributed by atoms with Gasteiger partial charge in [-0.3, -0.25) is 9.59 Å². The fourth-order valence-corrected chi connectivity index (χ4v) is 10.0.